The maximum Gasteiger partial charge on any atom is 0.262 e. The molecular weight excluding hydrogens is 423 g/mol. The lowest BCUT2D eigenvalue weighted by atomic mass is 9.66. The molecular formula is C25H25FN4O3. The van der Waals surface area contributed by atoms with Gasteiger partial charge < -0.3 is 15.2 Å². The van der Waals surface area contributed by atoms with E-state index in [1.165, 1.54) is 17.0 Å². The van der Waals surface area contributed by atoms with Gasteiger partial charge in [-0.25, -0.2) is 9.38 Å². The molecule has 3 unspecified atom stereocenters. The number of aliphatic imine (C=N–C) groups is 1. The minimum atomic E-state index is -1.23. The predicted octanol–water partition coefficient (Wildman–Crippen LogP) is 3.31. The van der Waals surface area contributed by atoms with Crippen LogP contribution in [0.4, 0.5) is 4.39 Å². The number of halogens is 1. The summed E-state index contributed by atoms with van der Waals surface area (Å²) in [6.07, 6.45) is 2.04. The highest BCUT2D eigenvalue weighted by Gasteiger charge is 2.61. The van der Waals surface area contributed by atoms with Crippen LogP contribution in [0.3, 0.4) is 0 Å². The molecule has 5 rings (SSSR count). The fourth-order valence-electron chi connectivity index (χ4n) is 5.45. The number of nitrogens with zero attached hydrogens (tertiary/aromatic N) is 3. The van der Waals surface area contributed by atoms with Crippen molar-refractivity contribution in [3.63, 3.8) is 0 Å². The number of hydrogen-bond acceptors (Lipinski definition) is 6. The monoisotopic (exact) mass is 448 g/mol. The molecule has 170 valence electrons. The van der Waals surface area contributed by atoms with Crippen molar-refractivity contribution in [2.24, 2.45) is 16.6 Å². The Bertz CT molecular complexity index is 1210. The summed E-state index contributed by atoms with van der Waals surface area (Å²) < 4.78 is 26.4. The molecule has 0 bridgehead atoms. The van der Waals surface area contributed by atoms with Gasteiger partial charge >= 0.3 is 0 Å². The standard InChI is InChI=1S/C25H25FN4O3/c1-3-32-18-5-7-22-20(12-18)25(23(31)30(2)24(28)29-25)19-11-15(4-6-21(19)33-22)16-8-14(13-27)9-17(26)10-16/h4,6,8-11,18,20,22H,3,5,7,12H2,1-2H3,(H2,28,29)/t18-,20?,22?,25?/m1/s1. The van der Waals surface area contributed by atoms with Crippen LogP contribution in [-0.4, -0.2) is 42.6 Å². The summed E-state index contributed by atoms with van der Waals surface area (Å²) in [6.45, 7) is 2.55. The van der Waals surface area contributed by atoms with Crippen molar-refractivity contribution in [1.29, 1.82) is 5.26 Å². The molecule has 2 aromatic carbocycles. The minimum absolute atomic E-state index is 0.0120. The SMILES string of the molecule is CCO[C@@H]1CCC2Oc3ccc(-c4cc(F)cc(C#N)c4)cc3C3(N=C(N)N(C)C3=O)C2C1. The van der Waals surface area contributed by atoms with Crippen LogP contribution in [-0.2, 0) is 15.1 Å². The number of nitrogens with two attached hydrogens (primary N) is 1. The first-order valence-corrected chi connectivity index (χ1v) is 11.1. The number of carbonyl (C=O) groups excluding carboxylic acids is 1. The number of benzene rings is 2. The molecule has 8 heteroatoms. The first-order chi connectivity index (χ1) is 15.9. The second-order valence-electron chi connectivity index (χ2n) is 8.81. The zero-order valence-electron chi connectivity index (χ0n) is 18.5. The normalized spacial score (nSPS) is 28.1. The molecule has 0 radical (unpaired) electrons. The second-order valence-corrected chi connectivity index (χ2v) is 8.81. The molecule has 2 aromatic rings. The highest BCUT2D eigenvalue weighted by Crippen LogP contribution is 2.54. The topological polar surface area (TPSA) is 101 Å². The molecule has 2 N–H and O–H groups in total. The molecule has 1 spiro atoms. The number of fused-ring (bicyclic) bond motifs is 4. The Kier molecular flexibility index (Phi) is 5.09. The van der Waals surface area contributed by atoms with Crippen molar-refractivity contribution in [2.75, 3.05) is 13.7 Å². The summed E-state index contributed by atoms with van der Waals surface area (Å²) in [4.78, 5) is 19.9. The zero-order chi connectivity index (χ0) is 23.3. The van der Waals surface area contributed by atoms with Crippen LogP contribution < -0.4 is 10.5 Å². The Labute approximate surface area is 191 Å². The van der Waals surface area contributed by atoms with E-state index in [1.807, 2.05) is 25.1 Å². The Morgan fingerprint density at radius 1 is 1.30 bits per heavy atom. The third kappa shape index (κ3) is 3.26. The first-order valence-electron chi connectivity index (χ1n) is 11.1. The van der Waals surface area contributed by atoms with Crippen LogP contribution in [0, 0.1) is 23.1 Å². The summed E-state index contributed by atoms with van der Waals surface area (Å²) in [5.74, 6) is -0.215. The molecule has 1 amide bonds. The largest absolute Gasteiger partial charge is 0.490 e. The van der Waals surface area contributed by atoms with Crippen LogP contribution in [0.1, 0.15) is 37.3 Å². The van der Waals surface area contributed by atoms with Crippen LogP contribution >= 0.6 is 0 Å². The maximum absolute atomic E-state index is 14.1. The fraction of sp³-hybridized carbons (Fsp3) is 0.400. The summed E-state index contributed by atoms with van der Waals surface area (Å²) in [5, 5.41) is 9.25. The average Bonchev–Trinajstić information content (AvgIpc) is 3.04. The number of guanidine groups is 1. The fourth-order valence-corrected chi connectivity index (χ4v) is 5.45. The summed E-state index contributed by atoms with van der Waals surface area (Å²) in [6, 6.07) is 11.6. The molecule has 0 aromatic heterocycles. The van der Waals surface area contributed by atoms with Crippen molar-refractivity contribution in [2.45, 2.75) is 43.9 Å². The van der Waals surface area contributed by atoms with E-state index < -0.39 is 11.4 Å². The molecule has 2 aliphatic heterocycles. The van der Waals surface area contributed by atoms with Crippen molar-refractivity contribution in [3.05, 3.63) is 53.3 Å². The summed E-state index contributed by atoms with van der Waals surface area (Å²) >= 11 is 0. The lowest BCUT2D eigenvalue weighted by Crippen LogP contribution is -2.55. The van der Waals surface area contributed by atoms with Gasteiger partial charge in [0.05, 0.1) is 17.7 Å². The van der Waals surface area contributed by atoms with Gasteiger partial charge in [0.1, 0.15) is 17.7 Å². The Morgan fingerprint density at radius 2 is 2.12 bits per heavy atom. The van der Waals surface area contributed by atoms with Gasteiger partial charge in [0.2, 0.25) is 0 Å². The number of amides is 1. The molecule has 1 fully saturated rings. The molecule has 0 saturated heterocycles. The Morgan fingerprint density at radius 3 is 2.82 bits per heavy atom. The van der Waals surface area contributed by atoms with Gasteiger partial charge in [0, 0.05) is 25.1 Å². The van der Waals surface area contributed by atoms with E-state index in [0.717, 1.165) is 12.8 Å². The van der Waals surface area contributed by atoms with Gasteiger partial charge in [0.25, 0.3) is 5.91 Å². The number of nitriles is 1. The van der Waals surface area contributed by atoms with Gasteiger partial charge in [-0.15, -0.1) is 0 Å². The van der Waals surface area contributed by atoms with E-state index in [0.29, 0.717) is 35.5 Å². The molecule has 4 atom stereocenters. The lowest BCUT2D eigenvalue weighted by molar-refractivity contribution is -0.139. The molecule has 3 aliphatic rings. The third-order valence-corrected chi connectivity index (χ3v) is 6.97. The third-order valence-electron chi connectivity index (χ3n) is 6.97. The number of ether oxygens (including phenoxy) is 2. The molecule has 2 heterocycles. The van der Waals surface area contributed by atoms with E-state index in [9.17, 15) is 14.4 Å². The van der Waals surface area contributed by atoms with E-state index >= 15 is 0 Å². The summed E-state index contributed by atoms with van der Waals surface area (Å²) in [5.41, 5.74) is 6.96. The predicted molar refractivity (Wildman–Crippen MR) is 120 cm³/mol. The van der Waals surface area contributed by atoms with Gasteiger partial charge in [-0.3, -0.25) is 9.69 Å². The van der Waals surface area contributed by atoms with Gasteiger partial charge in [-0.05, 0) is 67.6 Å². The quantitative estimate of drug-likeness (QED) is 0.776. The van der Waals surface area contributed by atoms with E-state index in [1.54, 1.807) is 19.2 Å². The van der Waals surface area contributed by atoms with E-state index in [-0.39, 0.29) is 35.6 Å². The number of likely N-dealkylation sites (N-methyl/N-ethyl adjacent to an activating group) is 1. The van der Waals surface area contributed by atoms with Gasteiger partial charge in [-0.1, -0.05) is 6.07 Å². The Hall–Kier alpha value is -3.44. The first kappa shape index (κ1) is 21.4. The van der Waals surface area contributed by atoms with Crippen molar-refractivity contribution < 1.29 is 18.7 Å². The van der Waals surface area contributed by atoms with Crippen LogP contribution in [0.5, 0.6) is 5.75 Å². The molecule has 1 saturated carbocycles. The number of carbonyl (C=O) groups is 1. The number of rotatable bonds is 3. The average molecular weight is 448 g/mol. The van der Waals surface area contributed by atoms with E-state index in [4.69, 9.17) is 20.2 Å². The van der Waals surface area contributed by atoms with Gasteiger partial charge in [-0.2, -0.15) is 5.26 Å². The Balaban J connectivity index is 1.68. The number of hydrogen-bond donors (Lipinski definition) is 1. The molecule has 1 aliphatic carbocycles. The highest BCUT2D eigenvalue weighted by molar-refractivity contribution is 6.07. The maximum atomic E-state index is 14.1. The van der Waals surface area contributed by atoms with Crippen molar-refractivity contribution in [3.8, 4) is 22.9 Å². The minimum Gasteiger partial charge on any atom is -0.490 e. The van der Waals surface area contributed by atoms with Crippen LogP contribution in [0.2, 0.25) is 0 Å². The second kappa shape index (κ2) is 7.85. The zero-order valence-corrected chi connectivity index (χ0v) is 18.5. The van der Waals surface area contributed by atoms with E-state index in [2.05, 4.69) is 0 Å². The summed E-state index contributed by atoms with van der Waals surface area (Å²) in [7, 11) is 1.62. The van der Waals surface area contributed by atoms with Gasteiger partial charge in [0.15, 0.2) is 11.5 Å². The van der Waals surface area contributed by atoms with Crippen LogP contribution in [0.25, 0.3) is 11.1 Å². The van der Waals surface area contributed by atoms with Crippen LogP contribution in [0.15, 0.2) is 41.4 Å². The lowest BCUT2D eigenvalue weighted by Gasteiger charge is -2.47. The highest BCUT2D eigenvalue weighted by atomic mass is 19.1. The smallest absolute Gasteiger partial charge is 0.262 e. The van der Waals surface area contributed by atoms with Crippen molar-refractivity contribution >= 4 is 11.9 Å². The molecule has 33 heavy (non-hydrogen) atoms. The van der Waals surface area contributed by atoms with Crippen molar-refractivity contribution in [1.82, 2.24) is 4.90 Å². The molecule has 7 nitrogen and oxygen atoms in total.